The lowest BCUT2D eigenvalue weighted by atomic mass is 10.2. The summed E-state index contributed by atoms with van der Waals surface area (Å²) in [6.07, 6.45) is -1.34. The zero-order chi connectivity index (χ0) is 11.3. The summed E-state index contributed by atoms with van der Waals surface area (Å²) in [4.78, 5) is 3.79. The number of halogens is 3. The molecule has 2 N–H and O–H groups in total. The largest absolute Gasteiger partial charge is 0.386 e. The first-order chi connectivity index (χ1) is 7.11. The smallest absolute Gasteiger partial charge is 0.265 e. The first-order valence-electron chi connectivity index (χ1n) is 4.36. The van der Waals surface area contributed by atoms with Crippen LogP contribution >= 0.6 is 11.6 Å². The Bertz CT molecular complexity index is 312. The lowest BCUT2D eigenvalue weighted by Crippen LogP contribution is -2.31. The van der Waals surface area contributed by atoms with Crippen molar-refractivity contribution in [3.63, 3.8) is 0 Å². The number of nitrogens with zero attached hydrogens (tertiary/aromatic N) is 1. The first kappa shape index (κ1) is 12.3. The van der Waals surface area contributed by atoms with Gasteiger partial charge in [0.25, 0.3) is 6.43 Å². The lowest BCUT2D eigenvalue weighted by molar-refractivity contribution is -0.00340. The molecule has 1 rings (SSSR count). The van der Waals surface area contributed by atoms with Crippen molar-refractivity contribution in [3.8, 4) is 0 Å². The molecule has 0 aromatic carbocycles. The Morgan fingerprint density at radius 3 is 2.87 bits per heavy atom. The Morgan fingerprint density at radius 2 is 2.27 bits per heavy atom. The number of nitrogens with one attached hydrogen (secondary N) is 1. The van der Waals surface area contributed by atoms with E-state index >= 15 is 0 Å². The van der Waals surface area contributed by atoms with Crippen molar-refractivity contribution in [1.82, 2.24) is 10.3 Å². The second-order valence-corrected chi connectivity index (χ2v) is 3.41. The van der Waals surface area contributed by atoms with E-state index in [1.807, 2.05) is 0 Å². The minimum atomic E-state index is -2.73. The normalized spacial score (nSPS) is 13.1. The summed E-state index contributed by atoms with van der Waals surface area (Å²) >= 11 is 5.79. The number of alkyl halides is 2. The predicted octanol–water partition coefficient (Wildman–Crippen LogP) is 1.45. The molecule has 1 aromatic heterocycles. The van der Waals surface area contributed by atoms with Gasteiger partial charge in [-0.3, -0.25) is 4.98 Å². The molecule has 0 saturated carbocycles. The van der Waals surface area contributed by atoms with E-state index < -0.39 is 12.5 Å². The maximum Gasteiger partial charge on any atom is 0.265 e. The van der Waals surface area contributed by atoms with Crippen LogP contribution in [-0.4, -0.2) is 29.2 Å². The Morgan fingerprint density at radius 1 is 1.53 bits per heavy atom. The Balaban J connectivity index is 2.35. The van der Waals surface area contributed by atoms with Gasteiger partial charge < -0.3 is 10.4 Å². The van der Waals surface area contributed by atoms with Crippen LogP contribution in [0.25, 0.3) is 0 Å². The zero-order valence-electron chi connectivity index (χ0n) is 7.83. The van der Waals surface area contributed by atoms with Gasteiger partial charge in [0.2, 0.25) is 0 Å². The summed E-state index contributed by atoms with van der Waals surface area (Å²) in [5, 5.41) is 12.0. The average molecular weight is 237 g/mol. The topological polar surface area (TPSA) is 45.1 Å². The zero-order valence-corrected chi connectivity index (χ0v) is 8.59. The molecule has 0 aliphatic rings. The van der Waals surface area contributed by atoms with Crippen molar-refractivity contribution in [3.05, 3.63) is 29.0 Å². The average Bonchev–Trinajstić information content (AvgIpc) is 2.20. The van der Waals surface area contributed by atoms with E-state index in [2.05, 4.69) is 10.3 Å². The van der Waals surface area contributed by atoms with E-state index in [-0.39, 0.29) is 6.54 Å². The van der Waals surface area contributed by atoms with Crippen LogP contribution in [0.1, 0.15) is 5.56 Å². The molecular formula is C9H11ClF2N2O. The van der Waals surface area contributed by atoms with Crippen molar-refractivity contribution in [2.75, 3.05) is 6.54 Å². The molecule has 15 heavy (non-hydrogen) atoms. The monoisotopic (exact) mass is 236 g/mol. The standard InChI is InChI=1S/C9H11ClF2N2O/c10-7-4-13-2-1-6(7)3-14-5-8(15)9(11)12/h1-2,4,8-9,14-15H,3,5H2. The summed E-state index contributed by atoms with van der Waals surface area (Å²) in [7, 11) is 0. The van der Waals surface area contributed by atoms with Crippen LogP contribution in [-0.2, 0) is 6.54 Å². The quantitative estimate of drug-likeness (QED) is 0.814. The molecule has 0 bridgehead atoms. The van der Waals surface area contributed by atoms with Gasteiger partial charge in [-0.25, -0.2) is 8.78 Å². The highest BCUT2D eigenvalue weighted by Gasteiger charge is 2.15. The molecule has 84 valence electrons. The van der Waals surface area contributed by atoms with Gasteiger partial charge in [0.1, 0.15) is 6.10 Å². The summed E-state index contributed by atoms with van der Waals surface area (Å²) in [6.45, 7) is 0.154. The van der Waals surface area contributed by atoms with Gasteiger partial charge in [-0.1, -0.05) is 11.6 Å². The molecule has 0 fully saturated rings. The third-order valence-electron chi connectivity index (χ3n) is 1.82. The van der Waals surface area contributed by atoms with Crippen LogP contribution < -0.4 is 5.32 Å². The van der Waals surface area contributed by atoms with Crippen LogP contribution in [0, 0.1) is 0 Å². The van der Waals surface area contributed by atoms with Crippen molar-refractivity contribution >= 4 is 11.6 Å². The van der Waals surface area contributed by atoms with Crippen LogP contribution in [0.5, 0.6) is 0 Å². The highest BCUT2D eigenvalue weighted by Crippen LogP contribution is 2.12. The summed E-state index contributed by atoms with van der Waals surface area (Å²) in [5.74, 6) is 0. The fourth-order valence-electron chi connectivity index (χ4n) is 0.991. The van der Waals surface area contributed by atoms with E-state index in [0.717, 1.165) is 5.56 Å². The summed E-state index contributed by atoms with van der Waals surface area (Å²) in [5.41, 5.74) is 0.758. The lowest BCUT2D eigenvalue weighted by Gasteiger charge is -2.10. The third kappa shape index (κ3) is 4.07. The molecule has 0 amide bonds. The van der Waals surface area contributed by atoms with Crippen LogP contribution in [0.3, 0.4) is 0 Å². The number of aliphatic hydroxyl groups is 1. The molecule has 0 aliphatic heterocycles. The van der Waals surface area contributed by atoms with Gasteiger partial charge in [0.05, 0.1) is 5.02 Å². The van der Waals surface area contributed by atoms with Gasteiger partial charge >= 0.3 is 0 Å². The SMILES string of the molecule is OC(CNCc1ccncc1Cl)C(F)F. The summed E-state index contributed by atoms with van der Waals surface area (Å²) < 4.78 is 23.8. The van der Waals surface area contributed by atoms with Gasteiger partial charge in [0.15, 0.2) is 0 Å². The maximum absolute atomic E-state index is 11.9. The van der Waals surface area contributed by atoms with E-state index in [4.69, 9.17) is 16.7 Å². The predicted molar refractivity (Wildman–Crippen MR) is 53.0 cm³/mol. The maximum atomic E-state index is 11.9. The Labute approximate surface area is 91.1 Å². The molecule has 3 nitrogen and oxygen atoms in total. The van der Waals surface area contributed by atoms with Crippen molar-refractivity contribution < 1.29 is 13.9 Å². The van der Waals surface area contributed by atoms with Crippen LogP contribution in [0.4, 0.5) is 8.78 Å². The van der Waals surface area contributed by atoms with Gasteiger partial charge in [-0.05, 0) is 11.6 Å². The molecule has 1 aromatic rings. The van der Waals surface area contributed by atoms with Crippen molar-refractivity contribution in [1.29, 1.82) is 0 Å². The van der Waals surface area contributed by atoms with Crippen molar-refractivity contribution in [2.45, 2.75) is 19.1 Å². The first-order valence-corrected chi connectivity index (χ1v) is 4.74. The minimum Gasteiger partial charge on any atom is -0.386 e. The van der Waals surface area contributed by atoms with Gasteiger partial charge in [0, 0.05) is 25.5 Å². The molecular weight excluding hydrogens is 226 g/mol. The van der Waals surface area contributed by atoms with Crippen LogP contribution in [0.15, 0.2) is 18.5 Å². The van der Waals surface area contributed by atoms with E-state index in [9.17, 15) is 8.78 Å². The molecule has 0 saturated heterocycles. The number of rotatable bonds is 5. The van der Waals surface area contributed by atoms with Crippen LogP contribution in [0.2, 0.25) is 5.02 Å². The highest BCUT2D eigenvalue weighted by atomic mass is 35.5. The fraction of sp³-hybridized carbons (Fsp3) is 0.444. The summed E-state index contributed by atoms with van der Waals surface area (Å²) in [6, 6.07) is 1.68. The second-order valence-electron chi connectivity index (χ2n) is 3.00. The van der Waals surface area contributed by atoms with E-state index in [1.54, 1.807) is 12.3 Å². The van der Waals surface area contributed by atoms with Gasteiger partial charge in [-0.2, -0.15) is 0 Å². The number of aromatic nitrogens is 1. The molecule has 6 heteroatoms. The molecule has 1 unspecified atom stereocenters. The molecule has 1 atom stereocenters. The Kier molecular flexibility index (Phi) is 4.87. The number of pyridine rings is 1. The molecule has 0 radical (unpaired) electrons. The third-order valence-corrected chi connectivity index (χ3v) is 2.16. The fourth-order valence-corrected chi connectivity index (χ4v) is 1.18. The number of hydrogen-bond acceptors (Lipinski definition) is 3. The molecule has 1 heterocycles. The Hall–Kier alpha value is -0.780. The number of aliphatic hydroxyl groups excluding tert-OH is 1. The van der Waals surface area contributed by atoms with Gasteiger partial charge in [-0.15, -0.1) is 0 Å². The van der Waals surface area contributed by atoms with Crippen molar-refractivity contribution in [2.24, 2.45) is 0 Å². The van der Waals surface area contributed by atoms with E-state index in [0.29, 0.717) is 11.6 Å². The number of hydrogen-bond donors (Lipinski definition) is 2. The molecule has 0 aliphatic carbocycles. The van der Waals surface area contributed by atoms with E-state index in [1.165, 1.54) is 6.20 Å². The second kappa shape index (κ2) is 5.95. The molecule has 0 spiro atoms. The minimum absolute atomic E-state index is 0.170. The highest BCUT2D eigenvalue weighted by molar-refractivity contribution is 6.31.